The predicted molar refractivity (Wildman–Crippen MR) is 124 cm³/mol. The second-order valence-electron chi connectivity index (χ2n) is 6.08. The summed E-state index contributed by atoms with van der Waals surface area (Å²) >= 11 is 0. The largest absolute Gasteiger partial charge is 0.494 e. The minimum atomic E-state index is -0.762. The molecule has 0 fully saturated rings. The monoisotopic (exact) mass is 517 g/mol. The highest BCUT2D eigenvalue weighted by Gasteiger charge is 2.06. The Bertz CT molecular complexity index is 702. The van der Waals surface area contributed by atoms with Gasteiger partial charge in [-0.05, 0) is 49.7 Å². The molecule has 0 saturated carbocycles. The summed E-state index contributed by atoms with van der Waals surface area (Å²) in [7, 11) is 0. The number of para-hydroxylation sites is 1. The van der Waals surface area contributed by atoms with E-state index < -0.39 is 6.10 Å². The van der Waals surface area contributed by atoms with Gasteiger partial charge in [0.05, 0.1) is 13.2 Å². The van der Waals surface area contributed by atoms with Crippen molar-refractivity contribution >= 4 is 29.9 Å². The van der Waals surface area contributed by atoms with Crippen LogP contribution in [0.5, 0.6) is 11.5 Å². The van der Waals surface area contributed by atoms with E-state index in [4.69, 9.17) is 9.47 Å². The molecule has 2 rings (SSSR count). The van der Waals surface area contributed by atoms with Crippen LogP contribution < -0.4 is 20.1 Å². The van der Waals surface area contributed by atoms with E-state index in [1.807, 2.05) is 37.3 Å². The summed E-state index contributed by atoms with van der Waals surface area (Å²) in [6.07, 6.45) is 0.0529. The molecule has 160 valence electrons. The van der Waals surface area contributed by atoms with E-state index >= 15 is 0 Å². The predicted octanol–water partition coefficient (Wildman–Crippen LogP) is 3.21. The summed E-state index contributed by atoms with van der Waals surface area (Å²) in [5, 5.41) is 16.4. The van der Waals surface area contributed by atoms with Crippen LogP contribution >= 0.6 is 24.0 Å². The fraction of sp³-hybridized carbons (Fsp3) is 0.381. The fourth-order valence-corrected chi connectivity index (χ4v) is 2.30. The number of benzene rings is 2. The first-order valence-electron chi connectivity index (χ1n) is 9.44. The van der Waals surface area contributed by atoms with Crippen molar-refractivity contribution in [1.29, 1.82) is 0 Å². The Morgan fingerprint density at radius 2 is 1.72 bits per heavy atom. The molecule has 0 bridgehead atoms. The Kier molecular flexibility index (Phi) is 12.8. The molecule has 2 aromatic rings. The number of nitrogens with one attached hydrogen (secondary N) is 2. The van der Waals surface area contributed by atoms with Gasteiger partial charge in [-0.1, -0.05) is 18.2 Å². The highest BCUT2D eigenvalue weighted by atomic mass is 127. The zero-order chi connectivity index (χ0) is 20.0. The molecule has 2 aromatic carbocycles. The summed E-state index contributed by atoms with van der Waals surface area (Å²) in [6.45, 7) is 4.26. The van der Waals surface area contributed by atoms with Gasteiger partial charge in [-0.25, -0.2) is 4.39 Å². The maximum Gasteiger partial charge on any atom is 0.191 e. The van der Waals surface area contributed by atoms with Gasteiger partial charge in [0.15, 0.2) is 5.96 Å². The number of aliphatic hydroxyl groups excluding tert-OH is 1. The van der Waals surface area contributed by atoms with E-state index in [1.165, 1.54) is 24.3 Å². The van der Waals surface area contributed by atoms with Crippen LogP contribution in [0.1, 0.15) is 13.3 Å². The van der Waals surface area contributed by atoms with Crippen molar-refractivity contribution in [2.75, 3.05) is 32.8 Å². The number of aliphatic imine (C=N–C) groups is 1. The number of guanidine groups is 1. The van der Waals surface area contributed by atoms with Crippen molar-refractivity contribution in [2.45, 2.75) is 19.4 Å². The summed E-state index contributed by atoms with van der Waals surface area (Å²) in [4.78, 5) is 4.36. The molecular weight excluding hydrogens is 488 g/mol. The van der Waals surface area contributed by atoms with E-state index in [0.29, 0.717) is 31.4 Å². The molecule has 1 atom stereocenters. The maximum atomic E-state index is 12.9. The number of rotatable bonds is 11. The Hall–Kier alpha value is -2.07. The van der Waals surface area contributed by atoms with Crippen molar-refractivity contribution in [3.8, 4) is 11.5 Å². The SMILES string of the molecule is CCNC(=NCC(O)COc1ccc(F)cc1)NCCCOc1ccccc1.I. The number of nitrogens with zero attached hydrogens (tertiary/aromatic N) is 1. The van der Waals surface area contributed by atoms with Crippen LogP contribution in [-0.2, 0) is 0 Å². The average molecular weight is 517 g/mol. The number of hydrogen-bond donors (Lipinski definition) is 3. The van der Waals surface area contributed by atoms with Gasteiger partial charge in [-0.15, -0.1) is 24.0 Å². The Labute approximate surface area is 188 Å². The van der Waals surface area contributed by atoms with E-state index in [0.717, 1.165) is 12.2 Å². The highest BCUT2D eigenvalue weighted by molar-refractivity contribution is 14.0. The maximum absolute atomic E-state index is 12.9. The van der Waals surface area contributed by atoms with Gasteiger partial charge in [-0.3, -0.25) is 4.99 Å². The van der Waals surface area contributed by atoms with Crippen LogP contribution in [0.25, 0.3) is 0 Å². The van der Waals surface area contributed by atoms with Gasteiger partial charge in [0.1, 0.15) is 30.0 Å². The summed E-state index contributed by atoms with van der Waals surface area (Å²) in [5.74, 6) is 1.66. The third kappa shape index (κ3) is 10.9. The Balaban J connectivity index is 0.00000420. The molecule has 0 saturated heterocycles. The van der Waals surface area contributed by atoms with Gasteiger partial charge in [0.2, 0.25) is 0 Å². The van der Waals surface area contributed by atoms with Crippen LogP contribution in [-0.4, -0.2) is 50.0 Å². The van der Waals surface area contributed by atoms with Crippen molar-refractivity contribution in [2.24, 2.45) is 4.99 Å². The highest BCUT2D eigenvalue weighted by Crippen LogP contribution is 2.11. The van der Waals surface area contributed by atoms with Crippen LogP contribution in [0.15, 0.2) is 59.6 Å². The normalized spacial score (nSPS) is 11.9. The first-order valence-corrected chi connectivity index (χ1v) is 9.44. The molecule has 8 heteroatoms. The van der Waals surface area contributed by atoms with E-state index in [-0.39, 0.29) is 42.9 Å². The molecule has 0 aromatic heterocycles. The molecule has 1 unspecified atom stereocenters. The lowest BCUT2D eigenvalue weighted by Gasteiger charge is -2.14. The van der Waals surface area contributed by atoms with Gasteiger partial charge in [0.25, 0.3) is 0 Å². The van der Waals surface area contributed by atoms with E-state index in [9.17, 15) is 9.50 Å². The van der Waals surface area contributed by atoms with Gasteiger partial charge in [-0.2, -0.15) is 0 Å². The van der Waals surface area contributed by atoms with Crippen LogP contribution in [0.3, 0.4) is 0 Å². The Morgan fingerprint density at radius 1 is 1.03 bits per heavy atom. The molecule has 3 N–H and O–H groups in total. The summed E-state index contributed by atoms with van der Waals surface area (Å²) in [6, 6.07) is 15.4. The second-order valence-corrected chi connectivity index (χ2v) is 6.08. The number of hydrogen-bond acceptors (Lipinski definition) is 4. The first kappa shape index (κ1) is 25.0. The molecule has 0 heterocycles. The quantitative estimate of drug-likeness (QED) is 0.185. The smallest absolute Gasteiger partial charge is 0.191 e. The molecule has 6 nitrogen and oxygen atoms in total. The van der Waals surface area contributed by atoms with Crippen molar-refractivity contribution in [3.63, 3.8) is 0 Å². The van der Waals surface area contributed by atoms with Gasteiger partial charge >= 0.3 is 0 Å². The van der Waals surface area contributed by atoms with Crippen LogP contribution in [0, 0.1) is 5.82 Å². The number of ether oxygens (including phenoxy) is 2. The fourth-order valence-electron chi connectivity index (χ4n) is 2.30. The van der Waals surface area contributed by atoms with E-state index in [2.05, 4.69) is 15.6 Å². The van der Waals surface area contributed by atoms with Crippen LogP contribution in [0.4, 0.5) is 4.39 Å². The third-order valence-electron chi connectivity index (χ3n) is 3.69. The third-order valence-corrected chi connectivity index (χ3v) is 3.69. The number of aliphatic hydroxyl groups is 1. The van der Waals surface area contributed by atoms with E-state index in [1.54, 1.807) is 0 Å². The van der Waals surface area contributed by atoms with Crippen molar-refractivity contribution in [3.05, 3.63) is 60.4 Å². The molecule has 29 heavy (non-hydrogen) atoms. The molecule has 0 spiro atoms. The minimum absolute atomic E-state index is 0. The molecule has 0 aliphatic heterocycles. The Morgan fingerprint density at radius 3 is 2.41 bits per heavy atom. The van der Waals surface area contributed by atoms with Crippen molar-refractivity contribution in [1.82, 2.24) is 10.6 Å². The zero-order valence-electron chi connectivity index (χ0n) is 16.5. The lowest BCUT2D eigenvalue weighted by molar-refractivity contribution is 0.114. The molecule has 0 radical (unpaired) electrons. The molecule has 0 aliphatic carbocycles. The second kappa shape index (κ2) is 14.9. The van der Waals surface area contributed by atoms with Crippen molar-refractivity contribution < 1.29 is 19.0 Å². The van der Waals surface area contributed by atoms with Gasteiger partial charge < -0.3 is 25.2 Å². The van der Waals surface area contributed by atoms with Gasteiger partial charge in [0, 0.05) is 13.1 Å². The molecule has 0 aliphatic rings. The van der Waals surface area contributed by atoms with Crippen LogP contribution in [0.2, 0.25) is 0 Å². The topological polar surface area (TPSA) is 75.1 Å². The lowest BCUT2D eigenvalue weighted by atomic mass is 10.3. The number of halogens is 2. The average Bonchev–Trinajstić information content (AvgIpc) is 2.72. The molecule has 0 amide bonds. The summed E-state index contributed by atoms with van der Waals surface area (Å²) in [5.41, 5.74) is 0. The lowest BCUT2D eigenvalue weighted by Crippen LogP contribution is -2.39. The summed E-state index contributed by atoms with van der Waals surface area (Å²) < 4.78 is 23.9. The minimum Gasteiger partial charge on any atom is -0.494 e. The first-order chi connectivity index (χ1) is 13.7. The molecular formula is C21H29FIN3O3. The zero-order valence-corrected chi connectivity index (χ0v) is 18.8. The standard InChI is InChI=1S/C21H28FN3O3.HI/c1-2-23-21(24-13-6-14-27-19-7-4-3-5-8-19)25-15-18(26)16-28-20-11-9-17(22)10-12-20;/h3-5,7-12,18,26H,2,6,13-16H2,1H3,(H2,23,24,25);1H.